The molecule has 0 heterocycles. The number of nitrogens with one attached hydrogen (secondary N) is 2. The first-order valence-electron chi connectivity index (χ1n) is 10.4. The minimum absolute atomic E-state index is 0.0653. The van der Waals surface area contributed by atoms with E-state index in [-0.39, 0.29) is 23.5 Å². The summed E-state index contributed by atoms with van der Waals surface area (Å²) in [6, 6.07) is 10.7. The second kappa shape index (κ2) is 9.77. The van der Waals surface area contributed by atoms with Crippen LogP contribution >= 0.6 is 0 Å². The maximum absolute atomic E-state index is 13.8. The number of sulfone groups is 1. The number of nitrogens with zero attached hydrogens (tertiary/aromatic N) is 1. The summed E-state index contributed by atoms with van der Waals surface area (Å²) in [5.41, 5.74) is 2.12. The Labute approximate surface area is 182 Å². The Balaban J connectivity index is 1.75. The second-order valence-electron chi connectivity index (χ2n) is 8.17. The fraction of sp³-hybridized carbons (Fsp3) is 0.435. The lowest BCUT2D eigenvalue weighted by atomic mass is 9.64. The molecule has 1 saturated carbocycles. The summed E-state index contributed by atoms with van der Waals surface area (Å²) in [4.78, 5) is 4.56. The first-order chi connectivity index (χ1) is 14.7. The van der Waals surface area contributed by atoms with E-state index >= 15 is 0 Å². The highest BCUT2D eigenvalue weighted by Crippen LogP contribution is 2.43. The summed E-state index contributed by atoms with van der Waals surface area (Å²) < 4.78 is 50.5. The zero-order chi connectivity index (χ0) is 22.5. The van der Waals surface area contributed by atoms with Crippen molar-refractivity contribution in [2.24, 2.45) is 4.99 Å². The van der Waals surface area contributed by atoms with Gasteiger partial charge in [0.1, 0.15) is 11.6 Å². The summed E-state index contributed by atoms with van der Waals surface area (Å²) in [6.45, 7) is 3.40. The van der Waals surface area contributed by atoms with Gasteiger partial charge in [-0.25, -0.2) is 22.2 Å². The van der Waals surface area contributed by atoms with Crippen molar-refractivity contribution in [1.29, 1.82) is 0 Å². The predicted octanol–water partition coefficient (Wildman–Crippen LogP) is 3.69. The van der Waals surface area contributed by atoms with Gasteiger partial charge < -0.3 is 10.6 Å². The van der Waals surface area contributed by atoms with Gasteiger partial charge in [-0.2, -0.15) is 0 Å². The monoisotopic (exact) mass is 449 g/mol. The number of hydrogen-bond donors (Lipinski definition) is 2. The van der Waals surface area contributed by atoms with E-state index in [1.807, 2.05) is 19.1 Å². The van der Waals surface area contributed by atoms with Crippen molar-refractivity contribution in [3.63, 3.8) is 0 Å². The molecule has 2 aromatic carbocycles. The normalized spacial score (nSPS) is 15.9. The van der Waals surface area contributed by atoms with Crippen molar-refractivity contribution in [2.45, 2.75) is 43.9 Å². The Morgan fingerprint density at radius 1 is 1.03 bits per heavy atom. The van der Waals surface area contributed by atoms with Gasteiger partial charge in [-0.05, 0) is 60.7 Å². The first-order valence-corrected chi connectivity index (χ1v) is 12.5. The van der Waals surface area contributed by atoms with Crippen molar-refractivity contribution in [2.75, 3.05) is 19.3 Å². The lowest BCUT2D eigenvalue weighted by Crippen LogP contribution is -2.48. The van der Waals surface area contributed by atoms with Gasteiger partial charge in [-0.15, -0.1) is 0 Å². The number of hydrogen-bond acceptors (Lipinski definition) is 3. The van der Waals surface area contributed by atoms with Gasteiger partial charge >= 0.3 is 0 Å². The van der Waals surface area contributed by atoms with E-state index in [4.69, 9.17) is 0 Å². The van der Waals surface area contributed by atoms with Gasteiger partial charge in [0.05, 0.1) is 12.3 Å². The van der Waals surface area contributed by atoms with Crippen molar-refractivity contribution in [1.82, 2.24) is 10.6 Å². The molecule has 1 aliphatic carbocycles. The van der Waals surface area contributed by atoms with Gasteiger partial charge in [0.25, 0.3) is 0 Å². The molecule has 3 rings (SSSR count). The van der Waals surface area contributed by atoms with Crippen LogP contribution in [0.25, 0.3) is 0 Å². The quantitative estimate of drug-likeness (QED) is 0.476. The lowest BCUT2D eigenvalue weighted by molar-refractivity contribution is 0.243. The van der Waals surface area contributed by atoms with Crippen molar-refractivity contribution < 1.29 is 17.2 Å². The third kappa shape index (κ3) is 6.26. The van der Waals surface area contributed by atoms with Crippen LogP contribution in [0.3, 0.4) is 0 Å². The third-order valence-corrected chi connectivity index (χ3v) is 6.53. The van der Waals surface area contributed by atoms with Crippen LogP contribution in [0.4, 0.5) is 8.78 Å². The van der Waals surface area contributed by atoms with Crippen molar-refractivity contribution >= 4 is 15.8 Å². The molecule has 0 unspecified atom stereocenters. The highest BCUT2D eigenvalue weighted by Gasteiger charge is 2.38. The Kier molecular flexibility index (Phi) is 7.30. The number of guanidine groups is 1. The molecule has 2 aromatic rings. The van der Waals surface area contributed by atoms with E-state index in [0.29, 0.717) is 30.2 Å². The Bertz CT molecular complexity index is 1030. The molecule has 0 atom stereocenters. The largest absolute Gasteiger partial charge is 0.357 e. The Hall–Kier alpha value is -2.48. The molecule has 0 saturated heterocycles. The van der Waals surface area contributed by atoms with Gasteiger partial charge in [-0.1, -0.05) is 24.6 Å². The van der Waals surface area contributed by atoms with Crippen LogP contribution in [-0.4, -0.2) is 33.7 Å². The molecule has 31 heavy (non-hydrogen) atoms. The molecule has 0 radical (unpaired) electrons. The minimum Gasteiger partial charge on any atom is -0.357 e. The third-order valence-electron chi connectivity index (χ3n) is 5.70. The molecule has 8 heteroatoms. The molecule has 0 spiro atoms. The average molecular weight is 450 g/mol. The maximum atomic E-state index is 13.8. The second-order valence-corrected chi connectivity index (χ2v) is 10.3. The van der Waals surface area contributed by atoms with E-state index < -0.39 is 15.7 Å². The fourth-order valence-electron chi connectivity index (χ4n) is 3.90. The topological polar surface area (TPSA) is 70.6 Å². The van der Waals surface area contributed by atoms with Gasteiger partial charge in [0.15, 0.2) is 15.8 Å². The maximum Gasteiger partial charge on any atom is 0.191 e. The standard InChI is InChI=1S/C23H29F2N3O2S/c1-3-26-22(27-14-18-13-21(25)8-5-17(18)15-31(2,29)30)28-16-23(11-4-12-23)19-6-9-20(24)10-7-19/h5-10,13H,3-4,11-12,14-16H2,1-2H3,(H2,26,27,28). The van der Waals surface area contributed by atoms with E-state index in [2.05, 4.69) is 15.6 Å². The van der Waals surface area contributed by atoms with Gasteiger partial charge in [-0.3, -0.25) is 0 Å². The molecule has 168 valence electrons. The SMILES string of the molecule is CCNC(=NCc1cc(F)ccc1CS(C)(=O)=O)NCC1(c2ccc(F)cc2)CCC1. The number of aliphatic imine (C=N–C) groups is 1. The van der Waals surface area contributed by atoms with Crippen LogP contribution in [0.15, 0.2) is 47.5 Å². The van der Waals surface area contributed by atoms with Crippen LogP contribution in [0.5, 0.6) is 0 Å². The van der Waals surface area contributed by atoms with Crippen LogP contribution in [0, 0.1) is 11.6 Å². The van der Waals surface area contributed by atoms with Crippen molar-refractivity contribution in [3.05, 3.63) is 70.8 Å². The summed E-state index contributed by atoms with van der Waals surface area (Å²) in [6.07, 6.45) is 4.29. The molecule has 1 aliphatic rings. The molecule has 2 N–H and O–H groups in total. The van der Waals surface area contributed by atoms with E-state index in [9.17, 15) is 17.2 Å². The summed E-state index contributed by atoms with van der Waals surface area (Å²) >= 11 is 0. The van der Waals surface area contributed by atoms with Gasteiger partial charge in [0.2, 0.25) is 0 Å². The molecular weight excluding hydrogens is 420 g/mol. The first kappa shape index (κ1) is 23.2. The average Bonchev–Trinajstić information content (AvgIpc) is 2.67. The smallest absolute Gasteiger partial charge is 0.191 e. The molecule has 0 aliphatic heterocycles. The van der Waals surface area contributed by atoms with E-state index in [1.54, 1.807) is 0 Å². The van der Waals surface area contributed by atoms with Crippen molar-refractivity contribution in [3.8, 4) is 0 Å². The van der Waals surface area contributed by atoms with Gasteiger partial charge in [0, 0.05) is 24.8 Å². The van der Waals surface area contributed by atoms with Crippen LogP contribution in [0.2, 0.25) is 0 Å². The summed E-state index contributed by atoms with van der Waals surface area (Å²) in [5, 5.41) is 6.55. The highest BCUT2D eigenvalue weighted by atomic mass is 32.2. The molecule has 0 aromatic heterocycles. The number of halogens is 2. The summed E-state index contributed by atoms with van der Waals surface area (Å²) in [7, 11) is -3.25. The van der Waals surface area contributed by atoms with Crippen LogP contribution in [0.1, 0.15) is 42.9 Å². The lowest BCUT2D eigenvalue weighted by Gasteiger charge is -2.43. The molecule has 0 amide bonds. The zero-order valence-corrected chi connectivity index (χ0v) is 18.7. The Morgan fingerprint density at radius 3 is 2.29 bits per heavy atom. The number of benzene rings is 2. The van der Waals surface area contributed by atoms with E-state index in [0.717, 1.165) is 31.1 Å². The van der Waals surface area contributed by atoms with Crippen LogP contribution < -0.4 is 10.6 Å². The van der Waals surface area contributed by atoms with Crippen LogP contribution in [-0.2, 0) is 27.5 Å². The minimum atomic E-state index is -3.25. The zero-order valence-electron chi connectivity index (χ0n) is 17.9. The molecule has 1 fully saturated rings. The molecule has 5 nitrogen and oxygen atoms in total. The fourth-order valence-corrected chi connectivity index (χ4v) is 4.74. The van der Waals surface area contributed by atoms with E-state index in [1.165, 1.54) is 30.3 Å². The highest BCUT2D eigenvalue weighted by molar-refractivity contribution is 7.89. The number of rotatable bonds is 8. The Morgan fingerprint density at radius 2 is 1.71 bits per heavy atom. The predicted molar refractivity (Wildman–Crippen MR) is 120 cm³/mol. The summed E-state index contributed by atoms with van der Waals surface area (Å²) in [5.74, 6) is -0.257. The molecule has 0 bridgehead atoms. The molecular formula is C23H29F2N3O2S.